The van der Waals surface area contributed by atoms with Gasteiger partial charge in [0.1, 0.15) is 0 Å². The van der Waals surface area contributed by atoms with Crippen LogP contribution in [0.2, 0.25) is 0 Å². The van der Waals surface area contributed by atoms with Crippen molar-refractivity contribution in [2.24, 2.45) is 11.1 Å². The first kappa shape index (κ1) is 9.77. The summed E-state index contributed by atoms with van der Waals surface area (Å²) in [4.78, 5) is 15.2. The number of nitrogens with two attached hydrogens (primary N) is 1. The van der Waals surface area contributed by atoms with E-state index in [1.165, 1.54) is 12.8 Å². The molecule has 2 rings (SSSR count). The normalized spacial score (nSPS) is 27.1. The van der Waals surface area contributed by atoms with Crippen LogP contribution >= 0.6 is 0 Å². The van der Waals surface area contributed by atoms with Gasteiger partial charge >= 0.3 is 6.03 Å². The van der Waals surface area contributed by atoms with E-state index in [1.807, 2.05) is 0 Å². The molecule has 14 heavy (non-hydrogen) atoms. The van der Waals surface area contributed by atoms with Gasteiger partial charge in [0.2, 0.25) is 0 Å². The minimum atomic E-state index is -0.249. The van der Waals surface area contributed by atoms with Crippen molar-refractivity contribution in [2.75, 3.05) is 33.2 Å². The molecule has 0 aromatic heterocycles. The van der Waals surface area contributed by atoms with Gasteiger partial charge in [0.15, 0.2) is 0 Å². The first-order valence-corrected chi connectivity index (χ1v) is 5.34. The summed E-state index contributed by atoms with van der Waals surface area (Å²) in [6.07, 6.45) is 3.57. The van der Waals surface area contributed by atoms with Crippen molar-refractivity contribution in [3.05, 3.63) is 0 Å². The zero-order valence-electron chi connectivity index (χ0n) is 8.83. The average molecular weight is 197 g/mol. The third-order valence-electron chi connectivity index (χ3n) is 3.80. The quantitative estimate of drug-likeness (QED) is 0.614. The van der Waals surface area contributed by atoms with E-state index >= 15 is 0 Å². The van der Waals surface area contributed by atoms with E-state index in [1.54, 1.807) is 4.90 Å². The Hall–Kier alpha value is -0.770. The van der Waals surface area contributed by atoms with Gasteiger partial charge < -0.3 is 15.5 Å². The Morgan fingerprint density at radius 3 is 2.29 bits per heavy atom. The van der Waals surface area contributed by atoms with Crippen LogP contribution in [0.5, 0.6) is 0 Å². The fourth-order valence-electron chi connectivity index (χ4n) is 2.62. The average Bonchev–Trinajstić information content (AvgIpc) is 2.56. The van der Waals surface area contributed by atoms with Crippen molar-refractivity contribution in [1.29, 1.82) is 0 Å². The van der Waals surface area contributed by atoms with E-state index in [0.717, 1.165) is 32.6 Å². The predicted octanol–water partition coefficient (Wildman–Crippen LogP) is 0.483. The number of hydrogen-bond acceptors (Lipinski definition) is 2. The third-order valence-corrected chi connectivity index (χ3v) is 3.80. The van der Waals surface area contributed by atoms with Crippen LogP contribution in [0.4, 0.5) is 4.79 Å². The lowest BCUT2D eigenvalue weighted by atomic mass is 9.78. The summed E-state index contributed by atoms with van der Waals surface area (Å²) < 4.78 is 0. The number of carbonyl (C=O) groups is 1. The molecule has 0 saturated carbocycles. The molecule has 2 aliphatic heterocycles. The first-order chi connectivity index (χ1) is 6.61. The third kappa shape index (κ3) is 1.71. The Labute approximate surface area is 85.0 Å². The van der Waals surface area contributed by atoms with Gasteiger partial charge in [0.25, 0.3) is 0 Å². The molecule has 2 fully saturated rings. The Morgan fingerprint density at radius 1 is 1.21 bits per heavy atom. The molecule has 0 atom stereocenters. The van der Waals surface area contributed by atoms with E-state index in [4.69, 9.17) is 5.73 Å². The van der Waals surface area contributed by atoms with Crippen molar-refractivity contribution >= 4 is 6.03 Å². The lowest BCUT2D eigenvalue weighted by Crippen LogP contribution is -2.41. The van der Waals surface area contributed by atoms with Gasteiger partial charge in [-0.25, -0.2) is 4.79 Å². The van der Waals surface area contributed by atoms with Gasteiger partial charge in [0.05, 0.1) is 0 Å². The molecule has 0 unspecified atom stereocenters. The Kier molecular flexibility index (Phi) is 2.39. The zero-order valence-corrected chi connectivity index (χ0v) is 8.83. The fourth-order valence-corrected chi connectivity index (χ4v) is 2.62. The molecule has 0 radical (unpaired) electrons. The highest BCUT2D eigenvalue weighted by atomic mass is 16.2. The van der Waals surface area contributed by atoms with Gasteiger partial charge in [-0.3, -0.25) is 0 Å². The number of piperidine rings is 1. The van der Waals surface area contributed by atoms with Gasteiger partial charge in [-0.05, 0) is 44.8 Å². The smallest absolute Gasteiger partial charge is 0.314 e. The maximum atomic E-state index is 11.0. The molecule has 0 bridgehead atoms. The number of amides is 2. The van der Waals surface area contributed by atoms with Gasteiger partial charge in [-0.2, -0.15) is 0 Å². The Balaban J connectivity index is 1.96. The Bertz CT molecular complexity index is 234. The molecule has 2 heterocycles. The van der Waals surface area contributed by atoms with Crippen LogP contribution < -0.4 is 5.73 Å². The van der Waals surface area contributed by atoms with Crippen LogP contribution in [0.15, 0.2) is 0 Å². The first-order valence-electron chi connectivity index (χ1n) is 5.34. The minimum Gasteiger partial charge on any atom is -0.351 e. The van der Waals surface area contributed by atoms with Crippen LogP contribution in [0, 0.1) is 5.41 Å². The fraction of sp³-hybridized carbons (Fsp3) is 0.900. The monoisotopic (exact) mass is 197 g/mol. The summed E-state index contributed by atoms with van der Waals surface area (Å²) >= 11 is 0. The summed E-state index contributed by atoms with van der Waals surface area (Å²) in [5.41, 5.74) is 5.68. The molecule has 4 heteroatoms. The molecule has 4 nitrogen and oxygen atoms in total. The Morgan fingerprint density at radius 2 is 1.79 bits per heavy atom. The predicted molar refractivity (Wildman–Crippen MR) is 54.9 cm³/mol. The molecule has 2 N–H and O–H groups in total. The lowest BCUT2D eigenvalue weighted by molar-refractivity contribution is 0.129. The van der Waals surface area contributed by atoms with Crippen molar-refractivity contribution in [2.45, 2.75) is 19.3 Å². The number of nitrogens with zero attached hydrogens (tertiary/aromatic N) is 2. The molecule has 0 aliphatic carbocycles. The van der Waals surface area contributed by atoms with Crippen molar-refractivity contribution < 1.29 is 4.79 Å². The number of likely N-dealkylation sites (tertiary alicyclic amines) is 2. The highest BCUT2D eigenvalue weighted by Crippen LogP contribution is 2.39. The number of primary amides is 1. The molecule has 0 aromatic rings. The SMILES string of the molecule is CN1CCC2(CC1)CCN(C(N)=O)C2. The standard InChI is InChI=1S/C10H19N3O/c1-12-5-2-10(3-6-12)4-7-13(8-10)9(11)14/h2-8H2,1H3,(H2,11,14). The summed E-state index contributed by atoms with van der Waals surface area (Å²) in [7, 11) is 2.16. The van der Waals surface area contributed by atoms with Crippen molar-refractivity contribution in [3.63, 3.8) is 0 Å². The number of carbonyl (C=O) groups excluding carboxylic acids is 1. The number of hydrogen-bond donors (Lipinski definition) is 1. The molecule has 80 valence electrons. The van der Waals surface area contributed by atoms with Crippen LogP contribution in [0.3, 0.4) is 0 Å². The molecule has 2 saturated heterocycles. The van der Waals surface area contributed by atoms with Crippen LogP contribution in [0.25, 0.3) is 0 Å². The molecule has 0 aromatic carbocycles. The second-order valence-electron chi connectivity index (χ2n) is 4.81. The summed E-state index contributed by atoms with van der Waals surface area (Å²) in [5, 5.41) is 0. The van der Waals surface area contributed by atoms with Crippen molar-refractivity contribution in [1.82, 2.24) is 9.80 Å². The lowest BCUT2D eigenvalue weighted by Gasteiger charge is -2.37. The number of urea groups is 1. The van der Waals surface area contributed by atoms with E-state index < -0.39 is 0 Å². The van der Waals surface area contributed by atoms with Crippen LogP contribution in [-0.2, 0) is 0 Å². The van der Waals surface area contributed by atoms with E-state index in [-0.39, 0.29) is 6.03 Å². The van der Waals surface area contributed by atoms with Crippen LogP contribution in [0.1, 0.15) is 19.3 Å². The van der Waals surface area contributed by atoms with Crippen molar-refractivity contribution in [3.8, 4) is 0 Å². The maximum Gasteiger partial charge on any atom is 0.314 e. The highest BCUT2D eigenvalue weighted by molar-refractivity contribution is 5.72. The maximum absolute atomic E-state index is 11.0. The van der Waals surface area contributed by atoms with Gasteiger partial charge in [0, 0.05) is 13.1 Å². The summed E-state index contributed by atoms with van der Waals surface area (Å²) in [5.74, 6) is 0. The summed E-state index contributed by atoms with van der Waals surface area (Å²) in [6, 6.07) is -0.249. The van der Waals surface area contributed by atoms with E-state index in [0.29, 0.717) is 5.41 Å². The van der Waals surface area contributed by atoms with E-state index in [9.17, 15) is 4.79 Å². The molecular weight excluding hydrogens is 178 g/mol. The van der Waals surface area contributed by atoms with Gasteiger partial charge in [-0.15, -0.1) is 0 Å². The highest BCUT2D eigenvalue weighted by Gasteiger charge is 2.40. The molecular formula is C10H19N3O. The molecule has 2 amide bonds. The number of rotatable bonds is 0. The minimum absolute atomic E-state index is 0.249. The topological polar surface area (TPSA) is 49.6 Å². The molecule has 2 aliphatic rings. The van der Waals surface area contributed by atoms with Crippen LogP contribution in [-0.4, -0.2) is 49.1 Å². The summed E-state index contributed by atoms with van der Waals surface area (Å²) in [6.45, 7) is 4.06. The second-order valence-corrected chi connectivity index (χ2v) is 4.81. The zero-order chi connectivity index (χ0) is 10.2. The molecule has 1 spiro atoms. The van der Waals surface area contributed by atoms with E-state index in [2.05, 4.69) is 11.9 Å². The van der Waals surface area contributed by atoms with Gasteiger partial charge in [-0.1, -0.05) is 0 Å². The largest absolute Gasteiger partial charge is 0.351 e. The second kappa shape index (κ2) is 3.42.